The molecule has 1 aliphatic rings. The van der Waals surface area contributed by atoms with Crippen LogP contribution in [0.3, 0.4) is 0 Å². The summed E-state index contributed by atoms with van der Waals surface area (Å²) in [5.74, 6) is 0.126. The third-order valence-corrected chi connectivity index (χ3v) is 4.15. The van der Waals surface area contributed by atoms with E-state index < -0.39 is 0 Å². The van der Waals surface area contributed by atoms with Gasteiger partial charge in [-0.05, 0) is 30.5 Å². The minimum absolute atomic E-state index is 0.0669. The van der Waals surface area contributed by atoms with Gasteiger partial charge in [-0.1, -0.05) is 30.5 Å². The van der Waals surface area contributed by atoms with Crippen molar-refractivity contribution in [2.24, 2.45) is 5.92 Å². The molecule has 1 heterocycles. The lowest BCUT2D eigenvalue weighted by atomic mass is 9.86. The van der Waals surface area contributed by atoms with E-state index in [1.165, 1.54) is 6.08 Å². The predicted octanol–water partition coefficient (Wildman–Crippen LogP) is 2.76. The molecule has 4 nitrogen and oxygen atoms in total. The topological polar surface area (TPSA) is 53.4 Å². The summed E-state index contributed by atoms with van der Waals surface area (Å²) < 4.78 is 0. The Balaban J connectivity index is 1.88. The minimum atomic E-state index is -0.279. The van der Waals surface area contributed by atoms with E-state index >= 15 is 0 Å². The van der Waals surface area contributed by atoms with E-state index in [2.05, 4.69) is 4.98 Å². The Labute approximate surface area is 130 Å². The minimum Gasteiger partial charge on any atom is -0.393 e. The molecule has 5 heteroatoms. The van der Waals surface area contributed by atoms with Crippen molar-refractivity contribution < 1.29 is 9.90 Å². The van der Waals surface area contributed by atoms with Crippen molar-refractivity contribution in [3.8, 4) is 0 Å². The number of pyridine rings is 1. The Morgan fingerprint density at radius 2 is 2.24 bits per heavy atom. The molecule has 0 spiro atoms. The number of aliphatic hydroxyl groups is 1. The molecule has 1 aromatic heterocycles. The molecular weight excluding hydrogens is 288 g/mol. The highest BCUT2D eigenvalue weighted by atomic mass is 35.5. The molecule has 2 atom stereocenters. The molecule has 0 bridgehead atoms. The molecule has 21 heavy (non-hydrogen) atoms. The number of aromatic nitrogens is 1. The number of carbonyl (C=O) groups is 1. The van der Waals surface area contributed by atoms with E-state index in [0.29, 0.717) is 11.7 Å². The number of hydrogen-bond donors (Lipinski definition) is 1. The molecule has 1 saturated carbocycles. The number of carbonyl (C=O) groups excluding carboxylic acids is 1. The van der Waals surface area contributed by atoms with Crippen molar-refractivity contribution >= 4 is 23.6 Å². The molecular formula is C16H21ClN2O2. The van der Waals surface area contributed by atoms with E-state index in [0.717, 1.165) is 31.2 Å². The molecule has 2 rings (SSSR count). The van der Waals surface area contributed by atoms with Crippen molar-refractivity contribution in [1.29, 1.82) is 0 Å². The molecule has 1 aromatic rings. The van der Waals surface area contributed by atoms with Crippen molar-refractivity contribution in [1.82, 2.24) is 9.88 Å². The summed E-state index contributed by atoms with van der Waals surface area (Å²) in [6, 6.07) is 3.50. The smallest absolute Gasteiger partial charge is 0.246 e. The van der Waals surface area contributed by atoms with Crippen molar-refractivity contribution in [2.45, 2.75) is 31.8 Å². The predicted molar refractivity (Wildman–Crippen MR) is 83.9 cm³/mol. The van der Waals surface area contributed by atoms with E-state index in [9.17, 15) is 9.90 Å². The van der Waals surface area contributed by atoms with Crippen LogP contribution in [-0.2, 0) is 4.79 Å². The first kappa shape index (κ1) is 16.0. The molecule has 0 saturated heterocycles. The van der Waals surface area contributed by atoms with Gasteiger partial charge in [0.25, 0.3) is 0 Å². The van der Waals surface area contributed by atoms with Gasteiger partial charge >= 0.3 is 0 Å². The first-order valence-corrected chi connectivity index (χ1v) is 7.67. The van der Waals surface area contributed by atoms with Gasteiger partial charge in [0.05, 0.1) is 6.10 Å². The molecule has 0 aliphatic heterocycles. The van der Waals surface area contributed by atoms with Crippen LogP contribution in [-0.4, -0.2) is 40.6 Å². The number of halogens is 1. The highest BCUT2D eigenvalue weighted by Crippen LogP contribution is 2.24. The number of hydrogen-bond acceptors (Lipinski definition) is 3. The Morgan fingerprint density at radius 1 is 1.48 bits per heavy atom. The van der Waals surface area contributed by atoms with Gasteiger partial charge in [-0.15, -0.1) is 0 Å². The summed E-state index contributed by atoms with van der Waals surface area (Å²) in [5, 5.41) is 10.4. The molecule has 2 unspecified atom stereocenters. The Hall–Kier alpha value is -1.39. The fourth-order valence-electron chi connectivity index (χ4n) is 2.62. The number of amides is 1. The molecule has 0 radical (unpaired) electrons. The van der Waals surface area contributed by atoms with Gasteiger partial charge in [-0.25, -0.2) is 4.98 Å². The van der Waals surface area contributed by atoms with Gasteiger partial charge in [0.15, 0.2) is 0 Å². The zero-order chi connectivity index (χ0) is 15.2. The van der Waals surface area contributed by atoms with Crippen LogP contribution in [0.15, 0.2) is 24.4 Å². The summed E-state index contributed by atoms with van der Waals surface area (Å²) >= 11 is 5.71. The van der Waals surface area contributed by atoms with Crippen LogP contribution in [0.1, 0.15) is 31.2 Å². The van der Waals surface area contributed by atoms with Gasteiger partial charge in [-0.2, -0.15) is 0 Å². The van der Waals surface area contributed by atoms with Crippen LogP contribution in [0.4, 0.5) is 0 Å². The third-order valence-electron chi connectivity index (χ3n) is 3.92. The second kappa shape index (κ2) is 7.57. The highest BCUT2D eigenvalue weighted by molar-refractivity contribution is 6.29. The second-order valence-corrected chi connectivity index (χ2v) is 5.97. The monoisotopic (exact) mass is 308 g/mol. The third kappa shape index (κ3) is 4.83. The van der Waals surface area contributed by atoms with Crippen LogP contribution in [0.2, 0.25) is 5.15 Å². The van der Waals surface area contributed by atoms with Crippen LogP contribution in [0.5, 0.6) is 0 Å². The SMILES string of the molecule is CN(CC1CCCCC1O)C(=O)/C=C/c1ccc(Cl)nc1. The second-order valence-electron chi connectivity index (χ2n) is 5.58. The molecule has 114 valence electrons. The van der Waals surface area contributed by atoms with Crippen LogP contribution < -0.4 is 0 Å². The fraction of sp³-hybridized carbons (Fsp3) is 0.500. The highest BCUT2D eigenvalue weighted by Gasteiger charge is 2.24. The molecule has 1 fully saturated rings. The number of nitrogens with zero attached hydrogens (tertiary/aromatic N) is 2. The number of likely N-dealkylation sites (N-methyl/N-ethyl adjacent to an activating group) is 1. The maximum Gasteiger partial charge on any atom is 0.246 e. The summed E-state index contributed by atoms with van der Waals surface area (Å²) in [4.78, 5) is 17.7. The summed E-state index contributed by atoms with van der Waals surface area (Å²) in [7, 11) is 1.77. The molecule has 0 aromatic carbocycles. The van der Waals surface area contributed by atoms with E-state index in [1.54, 1.807) is 30.3 Å². The normalized spacial score (nSPS) is 22.4. The largest absolute Gasteiger partial charge is 0.393 e. The van der Waals surface area contributed by atoms with Crippen LogP contribution in [0, 0.1) is 5.92 Å². The van der Waals surface area contributed by atoms with Crippen molar-refractivity contribution in [3.63, 3.8) is 0 Å². The van der Waals surface area contributed by atoms with Crippen molar-refractivity contribution in [3.05, 3.63) is 35.1 Å². The van der Waals surface area contributed by atoms with Gasteiger partial charge in [0.1, 0.15) is 5.15 Å². The quantitative estimate of drug-likeness (QED) is 0.687. The number of rotatable bonds is 4. The molecule has 1 amide bonds. The van der Waals surface area contributed by atoms with Gasteiger partial charge in [0, 0.05) is 31.8 Å². The first-order valence-electron chi connectivity index (χ1n) is 7.29. The van der Waals surface area contributed by atoms with Gasteiger partial charge in [-0.3, -0.25) is 4.79 Å². The zero-order valence-electron chi connectivity index (χ0n) is 12.2. The van der Waals surface area contributed by atoms with Gasteiger partial charge < -0.3 is 10.0 Å². The summed E-state index contributed by atoms with van der Waals surface area (Å²) in [6.07, 6.45) is 8.65. The summed E-state index contributed by atoms with van der Waals surface area (Å²) in [5.41, 5.74) is 0.832. The van der Waals surface area contributed by atoms with Crippen LogP contribution in [0.25, 0.3) is 6.08 Å². The Kier molecular flexibility index (Phi) is 5.76. The average molecular weight is 309 g/mol. The van der Waals surface area contributed by atoms with Crippen molar-refractivity contribution in [2.75, 3.05) is 13.6 Å². The lowest BCUT2D eigenvalue weighted by molar-refractivity contribution is -0.126. The molecule has 1 aliphatic carbocycles. The maximum atomic E-state index is 12.1. The zero-order valence-corrected chi connectivity index (χ0v) is 13.0. The van der Waals surface area contributed by atoms with E-state index in [4.69, 9.17) is 11.6 Å². The van der Waals surface area contributed by atoms with Gasteiger partial charge in [0.2, 0.25) is 5.91 Å². The summed E-state index contributed by atoms with van der Waals surface area (Å²) in [6.45, 7) is 0.600. The Morgan fingerprint density at radius 3 is 2.90 bits per heavy atom. The first-order chi connectivity index (χ1) is 10.1. The van der Waals surface area contributed by atoms with E-state index in [1.807, 2.05) is 6.07 Å². The average Bonchev–Trinajstić information content (AvgIpc) is 2.48. The molecule has 1 N–H and O–H groups in total. The van der Waals surface area contributed by atoms with Crippen LogP contribution >= 0.6 is 11.6 Å². The lowest BCUT2D eigenvalue weighted by Crippen LogP contribution is -2.37. The fourth-order valence-corrected chi connectivity index (χ4v) is 2.74. The van der Waals surface area contributed by atoms with E-state index in [-0.39, 0.29) is 17.9 Å². The standard InChI is InChI=1S/C16H21ClN2O2/c1-19(11-13-4-2-3-5-14(13)20)16(21)9-7-12-6-8-15(17)18-10-12/h6-10,13-14,20H,2-5,11H2,1H3/b9-7+. The number of aliphatic hydroxyl groups excluding tert-OH is 1. The Bertz CT molecular complexity index is 502. The maximum absolute atomic E-state index is 12.1. The lowest BCUT2D eigenvalue weighted by Gasteiger charge is -2.30.